The summed E-state index contributed by atoms with van der Waals surface area (Å²) in [5, 5.41) is 4.68. The Morgan fingerprint density at radius 1 is 1.50 bits per heavy atom. The second kappa shape index (κ2) is 5.96. The molecule has 1 aliphatic rings. The zero-order valence-electron chi connectivity index (χ0n) is 13.3. The van der Waals surface area contributed by atoms with Gasteiger partial charge in [-0.1, -0.05) is 0 Å². The maximum Gasteiger partial charge on any atom is 0.270 e. The van der Waals surface area contributed by atoms with E-state index in [1.165, 1.54) is 5.56 Å². The van der Waals surface area contributed by atoms with E-state index < -0.39 is 0 Å². The molecule has 0 unspecified atom stereocenters. The van der Waals surface area contributed by atoms with Crippen LogP contribution in [-0.4, -0.2) is 39.2 Å². The van der Waals surface area contributed by atoms with Crippen LogP contribution in [0.1, 0.15) is 47.3 Å². The Morgan fingerprint density at radius 2 is 2.32 bits per heavy atom. The second-order valence-corrected chi connectivity index (χ2v) is 5.90. The number of rotatable bonds is 4. The number of aromatic amines is 1. The van der Waals surface area contributed by atoms with Gasteiger partial charge in [0.1, 0.15) is 5.69 Å². The van der Waals surface area contributed by atoms with Crippen LogP contribution in [0.3, 0.4) is 0 Å². The minimum Gasteiger partial charge on any atom is -0.378 e. The van der Waals surface area contributed by atoms with Gasteiger partial charge in [0.25, 0.3) is 5.91 Å². The third-order valence-corrected chi connectivity index (χ3v) is 4.06. The Kier molecular flexibility index (Phi) is 4.02. The summed E-state index contributed by atoms with van der Waals surface area (Å²) in [6.07, 6.45) is 2.60. The maximum absolute atomic E-state index is 12.5. The van der Waals surface area contributed by atoms with Gasteiger partial charge in [0.15, 0.2) is 0 Å². The molecule has 3 rings (SSSR count). The summed E-state index contributed by atoms with van der Waals surface area (Å²) in [7, 11) is 1.69. The van der Waals surface area contributed by atoms with Gasteiger partial charge in [-0.25, -0.2) is 0 Å². The molecular formula is C16H22N4O2. The van der Waals surface area contributed by atoms with Crippen LogP contribution in [-0.2, 0) is 24.3 Å². The van der Waals surface area contributed by atoms with E-state index in [1.807, 2.05) is 21.7 Å². The van der Waals surface area contributed by atoms with Gasteiger partial charge in [-0.3, -0.25) is 9.48 Å². The van der Waals surface area contributed by atoms with Crippen molar-refractivity contribution in [3.05, 3.63) is 41.0 Å². The van der Waals surface area contributed by atoms with E-state index in [2.05, 4.69) is 23.9 Å². The zero-order valence-corrected chi connectivity index (χ0v) is 13.3. The fourth-order valence-corrected chi connectivity index (χ4v) is 3.01. The molecule has 1 aliphatic heterocycles. The van der Waals surface area contributed by atoms with Gasteiger partial charge in [0.05, 0.1) is 24.5 Å². The van der Waals surface area contributed by atoms with Crippen LogP contribution >= 0.6 is 0 Å². The van der Waals surface area contributed by atoms with E-state index in [1.54, 1.807) is 13.3 Å². The van der Waals surface area contributed by atoms with Crippen LogP contribution in [0.5, 0.6) is 0 Å². The average molecular weight is 302 g/mol. The molecule has 0 aliphatic carbocycles. The predicted molar refractivity (Wildman–Crippen MR) is 82.6 cm³/mol. The Morgan fingerprint density at radius 3 is 2.95 bits per heavy atom. The van der Waals surface area contributed by atoms with Gasteiger partial charge < -0.3 is 14.6 Å². The summed E-state index contributed by atoms with van der Waals surface area (Å²) in [5.74, 6) is 0.0421. The summed E-state index contributed by atoms with van der Waals surface area (Å²) in [4.78, 5) is 17.4. The summed E-state index contributed by atoms with van der Waals surface area (Å²) in [5.41, 5.74) is 4.01. The van der Waals surface area contributed by atoms with Crippen molar-refractivity contribution in [3.8, 4) is 0 Å². The number of amides is 1. The van der Waals surface area contributed by atoms with Crippen LogP contribution < -0.4 is 0 Å². The van der Waals surface area contributed by atoms with E-state index in [0.717, 1.165) is 17.8 Å². The number of hydrogen-bond donors (Lipinski definition) is 1. The van der Waals surface area contributed by atoms with Crippen molar-refractivity contribution in [2.45, 2.75) is 39.5 Å². The normalized spacial score (nSPS) is 14.5. The minimum absolute atomic E-state index is 0.0421. The highest BCUT2D eigenvalue weighted by Gasteiger charge is 2.28. The Balaban J connectivity index is 1.90. The molecule has 2 aromatic rings. The van der Waals surface area contributed by atoms with Gasteiger partial charge in [0.2, 0.25) is 0 Å². The lowest BCUT2D eigenvalue weighted by Crippen LogP contribution is -2.37. The summed E-state index contributed by atoms with van der Waals surface area (Å²) >= 11 is 0. The maximum atomic E-state index is 12.5. The average Bonchev–Trinajstić information content (AvgIpc) is 3.14. The van der Waals surface area contributed by atoms with E-state index in [9.17, 15) is 4.79 Å². The lowest BCUT2D eigenvalue weighted by atomic mass is 10.0. The number of nitrogens with one attached hydrogen (secondary N) is 1. The molecule has 0 saturated heterocycles. The number of H-pyrrole nitrogens is 1. The molecule has 6 nitrogen and oxygen atoms in total. The van der Waals surface area contributed by atoms with Gasteiger partial charge in [0, 0.05) is 31.5 Å². The van der Waals surface area contributed by atoms with Crippen molar-refractivity contribution in [2.24, 2.45) is 0 Å². The summed E-state index contributed by atoms with van der Waals surface area (Å²) < 4.78 is 7.28. The number of nitrogens with zero attached hydrogens (tertiary/aromatic N) is 3. The number of hydrogen-bond acceptors (Lipinski definition) is 3. The van der Waals surface area contributed by atoms with Crippen molar-refractivity contribution in [1.29, 1.82) is 0 Å². The van der Waals surface area contributed by atoms with Crippen molar-refractivity contribution < 1.29 is 9.53 Å². The molecule has 0 spiro atoms. The van der Waals surface area contributed by atoms with Crippen molar-refractivity contribution in [2.75, 3.05) is 13.7 Å². The molecule has 118 valence electrons. The Bertz CT molecular complexity index is 658. The molecule has 1 amide bonds. The molecule has 1 N–H and O–H groups in total. The number of carbonyl (C=O) groups is 1. The van der Waals surface area contributed by atoms with Crippen LogP contribution in [0.4, 0.5) is 0 Å². The highest BCUT2D eigenvalue weighted by atomic mass is 16.5. The van der Waals surface area contributed by atoms with E-state index >= 15 is 0 Å². The quantitative estimate of drug-likeness (QED) is 0.941. The fourth-order valence-electron chi connectivity index (χ4n) is 3.01. The number of fused-ring (bicyclic) bond motifs is 1. The van der Waals surface area contributed by atoms with Crippen molar-refractivity contribution in [3.63, 3.8) is 0 Å². The lowest BCUT2D eigenvalue weighted by molar-refractivity contribution is 0.0723. The summed E-state index contributed by atoms with van der Waals surface area (Å²) in [6, 6.07) is 3.92. The molecule has 0 atom stereocenters. The zero-order chi connectivity index (χ0) is 15.7. The van der Waals surface area contributed by atoms with Crippen LogP contribution in [0.2, 0.25) is 0 Å². The molecule has 2 aromatic heterocycles. The molecule has 22 heavy (non-hydrogen) atoms. The molecule has 0 aromatic carbocycles. The highest BCUT2D eigenvalue weighted by molar-refractivity contribution is 5.92. The third kappa shape index (κ3) is 2.54. The van der Waals surface area contributed by atoms with Crippen LogP contribution in [0, 0.1) is 0 Å². The first kappa shape index (κ1) is 14.8. The monoisotopic (exact) mass is 302 g/mol. The Labute approximate surface area is 130 Å². The number of carbonyl (C=O) groups excluding carboxylic acids is 1. The lowest BCUT2D eigenvalue weighted by Gasteiger charge is -2.28. The van der Waals surface area contributed by atoms with Crippen molar-refractivity contribution in [1.82, 2.24) is 19.7 Å². The standard InChI is InChI=1S/C16H22N4O2/c1-11(2)20-15-9-19(16(21)13-5-4-7-17-13)8-6-12(15)14(18-20)10-22-3/h4-5,7,11,17H,6,8-10H2,1-3H3. The number of ether oxygens (including phenoxy) is 1. The van der Waals surface area contributed by atoms with E-state index in [0.29, 0.717) is 25.4 Å². The van der Waals surface area contributed by atoms with Gasteiger partial charge >= 0.3 is 0 Å². The molecule has 0 fully saturated rings. The molecule has 0 radical (unpaired) electrons. The first-order valence-corrected chi connectivity index (χ1v) is 7.62. The third-order valence-electron chi connectivity index (χ3n) is 4.06. The smallest absolute Gasteiger partial charge is 0.270 e. The number of aromatic nitrogens is 3. The van der Waals surface area contributed by atoms with Gasteiger partial charge in [-0.15, -0.1) is 0 Å². The first-order chi connectivity index (χ1) is 10.6. The molecule has 6 heteroatoms. The first-order valence-electron chi connectivity index (χ1n) is 7.62. The SMILES string of the molecule is COCc1nn(C(C)C)c2c1CCN(C(=O)c1ccc[nH]1)C2. The van der Waals surface area contributed by atoms with Crippen LogP contribution in [0.15, 0.2) is 18.3 Å². The van der Waals surface area contributed by atoms with Crippen molar-refractivity contribution >= 4 is 5.91 Å². The predicted octanol–water partition coefficient (Wildman–Crippen LogP) is 2.14. The Hall–Kier alpha value is -2.08. The second-order valence-electron chi connectivity index (χ2n) is 5.90. The minimum atomic E-state index is 0.0421. The molecule has 0 saturated carbocycles. The van der Waals surface area contributed by atoms with Gasteiger partial charge in [-0.05, 0) is 32.4 Å². The largest absolute Gasteiger partial charge is 0.378 e. The van der Waals surface area contributed by atoms with E-state index in [-0.39, 0.29) is 11.9 Å². The van der Waals surface area contributed by atoms with Crippen LogP contribution in [0.25, 0.3) is 0 Å². The van der Waals surface area contributed by atoms with E-state index in [4.69, 9.17) is 4.74 Å². The molecule has 3 heterocycles. The fraction of sp³-hybridized carbons (Fsp3) is 0.500. The summed E-state index contributed by atoms with van der Waals surface area (Å²) in [6.45, 7) is 6.05. The number of methoxy groups -OCH3 is 1. The molecule has 0 bridgehead atoms. The topological polar surface area (TPSA) is 63.1 Å². The highest BCUT2D eigenvalue weighted by Crippen LogP contribution is 2.26. The molecular weight excluding hydrogens is 280 g/mol. The van der Waals surface area contributed by atoms with Gasteiger partial charge in [-0.2, -0.15) is 5.10 Å².